The Morgan fingerprint density at radius 1 is 0.938 bits per heavy atom. The lowest BCUT2D eigenvalue weighted by atomic mass is 9.94. The minimum absolute atomic E-state index is 0.0363. The van der Waals surface area contributed by atoms with Gasteiger partial charge in [-0.15, -0.1) is 0 Å². The molecule has 1 fully saturated rings. The summed E-state index contributed by atoms with van der Waals surface area (Å²) in [6, 6.07) is 10.4. The molecule has 0 aliphatic heterocycles. The summed E-state index contributed by atoms with van der Waals surface area (Å²) in [5.41, 5.74) is -2.33. The fraction of sp³-hybridized carbons (Fsp3) is 0.391. The highest BCUT2D eigenvalue weighted by Crippen LogP contribution is 2.36. The molecule has 32 heavy (non-hydrogen) atoms. The smallest absolute Gasteiger partial charge is 0.388 e. The number of benzene rings is 2. The van der Waals surface area contributed by atoms with Crippen molar-refractivity contribution in [1.29, 1.82) is 0 Å². The van der Waals surface area contributed by atoms with Crippen LogP contribution in [0.5, 0.6) is 0 Å². The van der Waals surface area contributed by atoms with Gasteiger partial charge in [-0.05, 0) is 43.2 Å². The third kappa shape index (κ3) is 6.46. The van der Waals surface area contributed by atoms with E-state index in [1.165, 1.54) is 6.07 Å². The largest absolute Gasteiger partial charge is 0.418 e. The Bertz CT molecular complexity index is 940. The van der Waals surface area contributed by atoms with Crippen LogP contribution >= 0.6 is 0 Å². The number of carbonyl (C=O) groups excluding carboxylic acids is 2. The van der Waals surface area contributed by atoms with Crippen molar-refractivity contribution in [2.24, 2.45) is 0 Å². The van der Waals surface area contributed by atoms with Crippen molar-refractivity contribution < 1.29 is 27.9 Å². The zero-order valence-electron chi connectivity index (χ0n) is 17.5. The zero-order chi connectivity index (χ0) is 23.2. The van der Waals surface area contributed by atoms with Crippen molar-refractivity contribution >= 4 is 23.3 Å². The van der Waals surface area contributed by atoms with Crippen molar-refractivity contribution in [3.8, 4) is 0 Å². The first-order valence-corrected chi connectivity index (χ1v) is 10.5. The molecule has 6 nitrogen and oxygen atoms in total. The predicted molar refractivity (Wildman–Crippen MR) is 116 cm³/mol. The van der Waals surface area contributed by atoms with Gasteiger partial charge in [0.2, 0.25) is 0 Å². The van der Waals surface area contributed by atoms with Crippen LogP contribution in [0.15, 0.2) is 48.5 Å². The van der Waals surface area contributed by atoms with Crippen LogP contribution in [-0.4, -0.2) is 29.2 Å². The molecule has 0 bridgehead atoms. The molecule has 2 aromatic carbocycles. The molecule has 3 amide bonds. The number of hydrogen-bond donors (Lipinski definition) is 4. The van der Waals surface area contributed by atoms with E-state index < -0.39 is 35.0 Å². The maximum atomic E-state index is 13.6. The summed E-state index contributed by atoms with van der Waals surface area (Å²) in [5, 5.41) is 17.7. The average molecular weight is 449 g/mol. The molecule has 1 aliphatic rings. The number of alkyl halides is 3. The number of carbonyl (C=O) groups is 2. The van der Waals surface area contributed by atoms with Gasteiger partial charge in [0.1, 0.15) is 0 Å². The van der Waals surface area contributed by atoms with E-state index in [0.29, 0.717) is 18.4 Å². The molecule has 1 aliphatic carbocycles. The lowest BCUT2D eigenvalue weighted by molar-refractivity contribution is -0.136. The summed E-state index contributed by atoms with van der Waals surface area (Å²) in [5.74, 6) is -0.547. The first-order chi connectivity index (χ1) is 15.2. The highest BCUT2D eigenvalue weighted by Gasteiger charge is 2.35. The Kier molecular flexibility index (Phi) is 7.40. The van der Waals surface area contributed by atoms with Gasteiger partial charge in [0.15, 0.2) is 0 Å². The van der Waals surface area contributed by atoms with E-state index in [0.717, 1.165) is 37.8 Å². The number of nitrogens with one attached hydrogen (secondary N) is 3. The van der Waals surface area contributed by atoms with E-state index in [-0.39, 0.29) is 12.2 Å². The standard InChI is InChI=1S/C23H26F3N3O3/c24-23(25,26)18-14-17(28-20(30)16-8-4-3-5-9-16)10-11-19(18)29-21(31)27-15-22(32)12-6-1-2-7-13-22/h3-5,8-11,14,32H,1-2,6-7,12-13,15H2,(H,28,30)(H2,27,29,31). The first-order valence-electron chi connectivity index (χ1n) is 10.5. The van der Waals surface area contributed by atoms with Crippen LogP contribution in [-0.2, 0) is 6.18 Å². The topological polar surface area (TPSA) is 90.5 Å². The molecule has 0 unspecified atom stereocenters. The molecule has 0 radical (unpaired) electrons. The van der Waals surface area contributed by atoms with E-state index in [2.05, 4.69) is 16.0 Å². The van der Waals surface area contributed by atoms with Crippen LogP contribution < -0.4 is 16.0 Å². The fourth-order valence-electron chi connectivity index (χ4n) is 3.73. The Balaban J connectivity index is 1.69. The SMILES string of the molecule is O=C(NCC1(O)CCCCCC1)Nc1ccc(NC(=O)c2ccccc2)cc1C(F)(F)F. The van der Waals surface area contributed by atoms with Gasteiger partial charge in [0, 0.05) is 17.8 Å². The summed E-state index contributed by atoms with van der Waals surface area (Å²) in [6.07, 6.45) is 0.0267. The van der Waals surface area contributed by atoms with Crippen LogP contribution in [0.2, 0.25) is 0 Å². The molecule has 0 saturated heterocycles. The van der Waals surface area contributed by atoms with E-state index in [4.69, 9.17) is 0 Å². The number of hydrogen-bond acceptors (Lipinski definition) is 3. The van der Waals surface area contributed by atoms with Crippen LogP contribution in [0.1, 0.15) is 54.4 Å². The Morgan fingerprint density at radius 2 is 1.59 bits per heavy atom. The highest BCUT2D eigenvalue weighted by atomic mass is 19.4. The van der Waals surface area contributed by atoms with Crippen molar-refractivity contribution in [3.63, 3.8) is 0 Å². The summed E-state index contributed by atoms with van der Waals surface area (Å²) in [4.78, 5) is 24.5. The Morgan fingerprint density at radius 3 is 2.22 bits per heavy atom. The number of aliphatic hydroxyl groups is 1. The monoisotopic (exact) mass is 449 g/mol. The normalized spacial score (nSPS) is 16.0. The molecule has 0 spiro atoms. The van der Waals surface area contributed by atoms with Gasteiger partial charge in [0.25, 0.3) is 5.91 Å². The van der Waals surface area contributed by atoms with Crippen molar-refractivity contribution in [2.45, 2.75) is 50.3 Å². The second-order valence-electron chi connectivity index (χ2n) is 8.02. The summed E-state index contributed by atoms with van der Waals surface area (Å²) in [7, 11) is 0. The van der Waals surface area contributed by atoms with Gasteiger partial charge >= 0.3 is 12.2 Å². The molecular weight excluding hydrogens is 423 g/mol. The molecular formula is C23H26F3N3O3. The number of amides is 3. The Hall–Kier alpha value is -3.07. The van der Waals surface area contributed by atoms with Crippen molar-refractivity contribution in [2.75, 3.05) is 17.2 Å². The lowest BCUT2D eigenvalue weighted by Gasteiger charge is -2.27. The second-order valence-corrected chi connectivity index (χ2v) is 8.02. The molecule has 9 heteroatoms. The molecule has 0 atom stereocenters. The van der Waals surface area contributed by atoms with Gasteiger partial charge < -0.3 is 21.1 Å². The summed E-state index contributed by atoms with van der Waals surface area (Å²) >= 11 is 0. The second kappa shape index (κ2) is 10.0. The lowest BCUT2D eigenvalue weighted by Crippen LogP contribution is -2.44. The number of halogens is 3. The van der Waals surface area contributed by atoms with Gasteiger partial charge in [-0.3, -0.25) is 4.79 Å². The maximum Gasteiger partial charge on any atom is 0.418 e. The molecule has 0 aromatic heterocycles. The molecule has 1 saturated carbocycles. The van der Waals surface area contributed by atoms with Crippen LogP contribution in [0, 0.1) is 0 Å². The van der Waals surface area contributed by atoms with Gasteiger partial charge in [-0.2, -0.15) is 13.2 Å². The van der Waals surface area contributed by atoms with Crippen LogP contribution in [0.3, 0.4) is 0 Å². The first kappa shape index (κ1) is 23.6. The zero-order valence-corrected chi connectivity index (χ0v) is 17.5. The molecule has 4 N–H and O–H groups in total. The maximum absolute atomic E-state index is 13.6. The van der Waals surface area contributed by atoms with E-state index in [1.54, 1.807) is 30.3 Å². The van der Waals surface area contributed by atoms with Gasteiger partial charge in [0.05, 0.1) is 16.9 Å². The quantitative estimate of drug-likeness (QED) is 0.475. The highest BCUT2D eigenvalue weighted by molar-refractivity contribution is 6.04. The van der Waals surface area contributed by atoms with Crippen LogP contribution in [0.4, 0.5) is 29.3 Å². The van der Waals surface area contributed by atoms with Gasteiger partial charge in [-0.1, -0.05) is 43.9 Å². The summed E-state index contributed by atoms with van der Waals surface area (Å²) < 4.78 is 40.8. The third-order valence-electron chi connectivity index (χ3n) is 5.48. The number of anilines is 2. The van der Waals surface area contributed by atoms with E-state index in [9.17, 15) is 27.9 Å². The van der Waals surface area contributed by atoms with E-state index >= 15 is 0 Å². The molecule has 2 aromatic rings. The predicted octanol–water partition coefficient (Wildman–Crippen LogP) is 5.16. The van der Waals surface area contributed by atoms with Gasteiger partial charge in [-0.25, -0.2) is 4.79 Å². The van der Waals surface area contributed by atoms with Crippen molar-refractivity contribution in [1.82, 2.24) is 5.32 Å². The van der Waals surface area contributed by atoms with Crippen LogP contribution in [0.25, 0.3) is 0 Å². The molecule has 0 heterocycles. The minimum Gasteiger partial charge on any atom is -0.388 e. The Labute approximate surface area is 184 Å². The van der Waals surface area contributed by atoms with Crippen molar-refractivity contribution in [3.05, 3.63) is 59.7 Å². The van der Waals surface area contributed by atoms with E-state index in [1.807, 2.05) is 0 Å². The molecule has 172 valence electrons. The average Bonchev–Trinajstić information content (AvgIpc) is 2.98. The fourth-order valence-corrected chi connectivity index (χ4v) is 3.73. The number of rotatable bonds is 5. The molecule has 3 rings (SSSR count). The number of urea groups is 1. The minimum atomic E-state index is -4.75. The third-order valence-corrected chi connectivity index (χ3v) is 5.48. The summed E-state index contributed by atoms with van der Waals surface area (Å²) in [6.45, 7) is -0.0363.